The van der Waals surface area contributed by atoms with E-state index in [0.29, 0.717) is 11.4 Å². The highest BCUT2D eigenvalue weighted by Crippen LogP contribution is 2.20. The first-order chi connectivity index (χ1) is 10.9. The van der Waals surface area contributed by atoms with Crippen molar-refractivity contribution in [3.05, 3.63) is 52.3 Å². The van der Waals surface area contributed by atoms with Crippen LogP contribution in [-0.2, 0) is 4.74 Å². The van der Waals surface area contributed by atoms with E-state index >= 15 is 0 Å². The van der Waals surface area contributed by atoms with Gasteiger partial charge in [0, 0.05) is 18.4 Å². The maximum absolute atomic E-state index is 12.2. The average molecular weight is 354 g/mol. The van der Waals surface area contributed by atoms with Gasteiger partial charge in [-0.2, -0.15) is 0 Å². The Balaban J connectivity index is 2.11. The van der Waals surface area contributed by atoms with Crippen molar-refractivity contribution < 1.29 is 14.3 Å². The lowest BCUT2D eigenvalue weighted by atomic mass is 10.2. The number of carbonyl (C=O) groups is 2. The topological polar surface area (TPSA) is 71.5 Å². The number of amides is 2. The van der Waals surface area contributed by atoms with E-state index in [-0.39, 0.29) is 15.9 Å². The highest BCUT2D eigenvalue weighted by Gasteiger charge is 2.13. The van der Waals surface area contributed by atoms with E-state index in [1.165, 1.54) is 24.1 Å². The van der Waals surface area contributed by atoms with Gasteiger partial charge in [0.05, 0.1) is 12.7 Å². The molecule has 23 heavy (non-hydrogen) atoms. The summed E-state index contributed by atoms with van der Waals surface area (Å²) < 4.78 is 4.63. The number of hydrogen-bond donors (Lipinski definition) is 1. The molecule has 0 spiro atoms. The summed E-state index contributed by atoms with van der Waals surface area (Å²) in [6.07, 6.45) is -0.485. The normalized spacial score (nSPS) is 10.1. The number of benzene rings is 1. The van der Waals surface area contributed by atoms with E-state index in [1.54, 1.807) is 31.3 Å². The second-order valence-electron chi connectivity index (χ2n) is 4.50. The molecule has 0 unspecified atom stereocenters. The predicted molar refractivity (Wildman–Crippen MR) is 89.5 cm³/mol. The molecule has 0 aliphatic rings. The molecular formula is C15H13Cl2N3O3. The van der Waals surface area contributed by atoms with Gasteiger partial charge in [-0.25, -0.2) is 9.78 Å². The largest absolute Gasteiger partial charge is 0.452 e. The van der Waals surface area contributed by atoms with Crippen molar-refractivity contribution in [1.82, 2.24) is 4.98 Å². The van der Waals surface area contributed by atoms with Crippen molar-refractivity contribution in [2.75, 3.05) is 24.4 Å². The van der Waals surface area contributed by atoms with Gasteiger partial charge in [0.25, 0.3) is 5.91 Å². The van der Waals surface area contributed by atoms with Crippen LogP contribution >= 0.6 is 23.2 Å². The van der Waals surface area contributed by atoms with E-state index in [4.69, 9.17) is 23.2 Å². The van der Waals surface area contributed by atoms with Crippen LogP contribution < -0.4 is 10.2 Å². The first-order valence-corrected chi connectivity index (χ1v) is 7.23. The number of methoxy groups -OCH3 is 1. The van der Waals surface area contributed by atoms with E-state index in [1.807, 2.05) is 0 Å². The van der Waals surface area contributed by atoms with Crippen molar-refractivity contribution in [2.24, 2.45) is 0 Å². The van der Waals surface area contributed by atoms with Gasteiger partial charge in [-0.1, -0.05) is 23.2 Å². The first-order valence-electron chi connectivity index (χ1n) is 6.47. The summed E-state index contributed by atoms with van der Waals surface area (Å²) in [7, 11) is 2.88. The zero-order chi connectivity index (χ0) is 17.0. The molecule has 2 amide bonds. The molecule has 0 aliphatic heterocycles. The summed E-state index contributed by atoms with van der Waals surface area (Å²) in [5, 5.41) is 2.92. The molecule has 8 heteroatoms. The highest BCUT2D eigenvalue weighted by atomic mass is 35.5. The molecule has 120 valence electrons. The fraction of sp³-hybridized carbons (Fsp3) is 0.133. The zero-order valence-corrected chi connectivity index (χ0v) is 13.9. The number of nitrogens with zero attached hydrogens (tertiary/aromatic N) is 2. The quantitative estimate of drug-likeness (QED) is 0.850. The smallest absolute Gasteiger partial charge is 0.413 e. The lowest BCUT2D eigenvalue weighted by Crippen LogP contribution is -2.25. The van der Waals surface area contributed by atoms with Gasteiger partial charge in [-0.15, -0.1) is 0 Å². The Hall–Kier alpha value is -2.31. The number of rotatable bonds is 3. The van der Waals surface area contributed by atoms with Gasteiger partial charge in [0.1, 0.15) is 10.3 Å². The summed E-state index contributed by atoms with van der Waals surface area (Å²) in [5.74, 6) is -0.409. The van der Waals surface area contributed by atoms with Crippen LogP contribution in [0.4, 0.5) is 16.2 Å². The fourth-order valence-electron chi connectivity index (χ4n) is 1.79. The Kier molecular flexibility index (Phi) is 5.41. The van der Waals surface area contributed by atoms with Crippen LogP contribution in [0.2, 0.25) is 10.3 Å². The molecule has 0 fully saturated rings. The number of nitrogens with one attached hydrogen (secondary N) is 1. The van der Waals surface area contributed by atoms with E-state index in [0.717, 1.165) is 0 Å². The average Bonchev–Trinajstić information content (AvgIpc) is 2.54. The minimum absolute atomic E-state index is 0.0250. The Morgan fingerprint density at radius 2 is 1.78 bits per heavy atom. The molecule has 0 radical (unpaired) electrons. The number of carbonyl (C=O) groups excluding carboxylic acids is 2. The van der Waals surface area contributed by atoms with Crippen molar-refractivity contribution in [2.45, 2.75) is 0 Å². The molecule has 1 N–H and O–H groups in total. The van der Waals surface area contributed by atoms with Crippen LogP contribution in [0.15, 0.2) is 36.4 Å². The second kappa shape index (κ2) is 7.30. The van der Waals surface area contributed by atoms with Gasteiger partial charge < -0.3 is 10.1 Å². The van der Waals surface area contributed by atoms with Gasteiger partial charge in [0.15, 0.2) is 0 Å². The van der Waals surface area contributed by atoms with Crippen molar-refractivity contribution in [1.29, 1.82) is 0 Å². The molecule has 0 aliphatic carbocycles. The number of halogens is 2. The predicted octanol–water partition coefficient (Wildman–Crippen LogP) is 3.84. The molecule has 1 aromatic carbocycles. The minimum Gasteiger partial charge on any atom is -0.452 e. The zero-order valence-electron chi connectivity index (χ0n) is 12.3. The number of pyridine rings is 1. The molecule has 6 nitrogen and oxygen atoms in total. The molecule has 2 rings (SSSR count). The van der Waals surface area contributed by atoms with Gasteiger partial charge in [-0.05, 0) is 36.4 Å². The Morgan fingerprint density at radius 1 is 1.13 bits per heavy atom. The summed E-state index contributed by atoms with van der Waals surface area (Å²) in [5.41, 5.74) is 1.39. The van der Waals surface area contributed by atoms with Crippen LogP contribution in [0.3, 0.4) is 0 Å². The number of hydrogen-bond acceptors (Lipinski definition) is 4. The van der Waals surface area contributed by atoms with Crippen molar-refractivity contribution in [3.63, 3.8) is 0 Å². The fourth-order valence-corrected chi connectivity index (χ4v) is 2.22. The minimum atomic E-state index is -0.485. The summed E-state index contributed by atoms with van der Waals surface area (Å²) >= 11 is 11.6. The van der Waals surface area contributed by atoms with Crippen LogP contribution in [0.25, 0.3) is 0 Å². The van der Waals surface area contributed by atoms with Crippen LogP contribution in [0, 0.1) is 0 Å². The molecular weight excluding hydrogens is 341 g/mol. The monoisotopic (exact) mass is 353 g/mol. The number of aromatic nitrogens is 1. The van der Waals surface area contributed by atoms with E-state index in [9.17, 15) is 9.59 Å². The molecule has 0 atom stereocenters. The third-order valence-corrected chi connectivity index (χ3v) is 3.52. The van der Waals surface area contributed by atoms with Crippen LogP contribution in [0.5, 0.6) is 0 Å². The molecule has 0 saturated carbocycles. The third-order valence-electron chi connectivity index (χ3n) is 3.02. The number of anilines is 2. The molecule has 0 saturated heterocycles. The Morgan fingerprint density at radius 3 is 2.35 bits per heavy atom. The summed E-state index contributed by atoms with van der Waals surface area (Å²) in [6, 6.07) is 9.64. The summed E-state index contributed by atoms with van der Waals surface area (Å²) in [6.45, 7) is 0. The molecule has 1 aromatic heterocycles. The van der Waals surface area contributed by atoms with Gasteiger partial charge >= 0.3 is 6.09 Å². The lowest BCUT2D eigenvalue weighted by molar-refractivity contribution is 0.102. The highest BCUT2D eigenvalue weighted by molar-refractivity contribution is 6.35. The van der Waals surface area contributed by atoms with Gasteiger partial charge in [0.2, 0.25) is 0 Å². The lowest BCUT2D eigenvalue weighted by Gasteiger charge is -2.16. The number of ether oxygens (including phenoxy) is 1. The third kappa shape index (κ3) is 4.12. The maximum Gasteiger partial charge on any atom is 0.413 e. The van der Waals surface area contributed by atoms with Crippen LogP contribution in [-0.4, -0.2) is 31.1 Å². The maximum atomic E-state index is 12.2. The second-order valence-corrected chi connectivity index (χ2v) is 5.25. The molecule has 1 heterocycles. The molecule has 0 bridgehead atoms. The Labute approximate surface area is 143 Å². The Bertz CT molecular complexity index is 735. The van der Waals surface area contributed by atoms with Gasteiger partial charge in [-0.3, -0.25) is 9.69 Å². The first kappa shape index (κ1) is 17.1. The van der Waals surface area contributed by atoms with Crippen molar-refractivity contribution >= 4 is 46.6 Å². The molecule has 2 aromatic rings. The van der Waals surface area contributed by atoms with Crippen LogP contribution in [0.1, 0.15) is 10.4 Å². The SMILES string of the molecule is COC(=O)N(C)c1ccc(NC(=O)c2ccc(Cl)nc2Cl)cc1. The van der Waals surface area contributed by atoms with Crippen molar-refractivity contribution in [3.8, 4) is 0 Å². The van der Waals surface area contributed by atoms with E-state index in [2.05, 4.69) is 15.0 Å². The summed E-state index contributed by atoms with van der Waals surface area (Å²) in [4.78, 5) is 28.7. The van der Waals surface area contributed by atoms with E-state index < -0.39 is 12.0 Å². The standard InChI is InChI=1S/C15H13Cl2N3O3/c1-20(15(22)23-2)10-5-3-9(4-6-10)18-14(21)11-7-8-12(16)19-13(11)17/h3-8H,1-2H3,(H,18,21).